The van der Waals surface area contributed by atoms with Gasteiger partial charge >= 0.3 is 5.97 Å². The van der Waals surface area contributed by atoms with Gasteiger partial charge in [-0.15, -0.1) is 0 Å². The van der Waals surface area contributed by atoms with E-state index in [9.17, 15) is 9.90 Å². The molecule has 0 atom stereocenters. The number of pyridine rings is 1. The highest BCUT2D eigenvalue weighted by Gasteiger charge is 2.22. The number of aromatic nitrogens is 1. The van der Waals surface area contributed by atoms with E-state index in [1.807, 2.05) is 49.1 Å². The Labute approximate surface area is 176 Å². The van der Waals surface area contributed by atoms with Crippen molar-refractivity contribution in [3.63, 3.8) is 0 Å². The summed E-state index contributed by atoms with van der Waals surface area (Å²) in [5.41, 5.74) is 4.85. The Bertz CT molecular complexity index is 1050. The quantitative estimate of drug-likeness (QED) is 0.478. The Hall–Kier alpha value is -2.05. The summed E-state index contributed by atoms with van der Waals surface area (Å²) in [5, 5.41) is 14.2. The second-order valence-electron chi connectivity index (χ2n) is 7.12. The summed E-state index contributed by atoms with van der Waals surface area (Å²) in [6, 6.07) is 11.5. The first kappa shape index (κ1) is 19.3. The zero-order valence-electron chi connectivity index (χ0n) is 15.5. The Balaban J connectivity index is 1.88. The van der Waals surface area contributed by atoms with E-state index in [1.165, 1.54) is 5.56 Å². The smallest absolute Gasteiger partial charge is 0.337 e. The van der Waals surface area contributed by atoms with Crippen LogP contribution in [0.1, 0.15) is 40.2 Å². The first-order valence-corrected chi connectivity index (χ1v) is 11.2. The summed E-state index contributed by atoms with van der Waals surface area (Å²) in [5.74, 6) is 1.79. The molecule has 6 heteroatoms. The van der Waals surface area contributed by atoms with Crippen molar-refractivity contribution in [2.45, 2.75) is 25.7 Å². The number of fused-ring (bicyclic) bond motifs is 1. The minimum Gasteiger partial charge on any atom is -0.478 e. The number of nitrogens with zero attached hydrogens (tertiary/aromatic N) is 1. The van der Waals surface area contributed by atoms with Gasteiger partial charge in [0.25, 0.3) is 0 Å². The lowest BCUT2D eigenvalue weighted by molar-refractivity contribution is 0.0698. The second kappa shape index (κ2) is 8.13. The summed E-state index contributed by atoms with van der Waals surface area (Å²) in [6.45, 7) is 1.90. The number of hydrogen-bond acceptors (Lipinski definition) is 4. The second-order valence-corrected chi connectivity index (χ2v) is 9.26. The molecule has 2 heterocycles. The van der Waals surface area contributed by atoms with E-state index in [1.54, 1.807) is 6.07 Å². The lowest BCUT2D eigenvalue weighted by atomic mass is 9.91. The van der Waals surface area contributed by atoms with Crippen LogP contribution >= 0.6 is 27.7 Å². The van der Waals surface area contributed by atoms with E-state index in [0.717, 1.165) is 51.0 Å². The highest BCUT2D eigenvalue weighted by Crippen LogP contribution is 2.40. The van der Waals surface area contributed by atoms with Gasteiger partial charge in [0.05, 0.1) is 22.5 Å². The average molecular weight is 457 g/mol. The highest BCUT2D eigenvalue weighted by molar-refractivity contribution is 9.10. The van der Waals surface area contributed by atoms with Crippen LogP contribution in [0, 0.1) is 6.92 Å². The van der Waals surface area contributed by atoms with Gasteiger partial charge in [0.1, 0.15) is 0 Å². The fourth-order valence-corrected chi connectivity index (χ4v) is 5.18. The Morgan fingerprint density at radius 1 is 1.21 bits per heavy atom. The minimum absolute atomic E-state index is 0.283. The minimum atomic E-state index is -0.929. The largest absolute Gasteiger partial charge is 0.478 e. The van der Waals surface area contributed by atoms with Gasteiger partial charge in [0.15, 0.2) is 0 Å². The Morgan fingerprint density at radius 2 is 2.00 bits per heavy atom. The van der Waals surface area contributed by atoms with Crippen molar-refractivity contribution in [3.05, 3.63) is 63.8 Å². The monoisotopic (exact) mass is 456 g/mol. The van der Waals surface area contributed by atoms with Crippen molar-refractivity contribution in [2.24, 2.45) is 0 Å². The van der Waals surface area contributed by atoms with E-state index < -0.39 is 5.97 Å². The van der Waals surface area contributed by atoms with Gasteiger partial charge in [0.2, 0.25) is 0 Å². The molecule has 4 rings (SSSR count). The van der Waals surface area contributed by atoms with Crippen molar-refractivity contribution in [1.29, 1.82) is 0 Å². The summed E-state index contributed by atoms with van der Waals surface area (Å²) in [4.78, 5) is 16.5. The molecule has 0 unspecified atom stereocenters. The zero-order chi connectivity index (χ0) is 19.7. The number of nitrogens with one attached hydrogen (secondary N) is 1. The topological polar surface area (TPSA) is 62.2 Å². The molecule has 28 heavy (non-hydrogen) atoms. The molecule has 0 radical (unpaired) electrons. The van der Waals surface area contributed by atoms with E-state index in [0.29, 0.717) is 11.6 Å². The number of carbonyl (C=O) groups is 1. The SMILES string of the molecule is Cc1ccc(Nc2c(C3CCSCC3)cnc3ccc(Br)cc23)c(C(=O)O)c1. The predicted molar refractivity (Wildman–Crippen MR) is 120 cm³/mol. The normalized spacial score (nSPS) is 14.9. The van der Waals surface area contributed by atoms with Gasteiger partial charge in [-0.1, -0.05) is 27.6 Å². The molecule has 0 spiro atoms. The van der Waals surface area contributed by atoms with Crippen molar-refractivity contribution < 1.29 is 9.90 Å². The van der Waals surface area contributed by atoms with Crippen molar-refractivity contribution in [1.82, 2.24) is 4.98 Å². The van der Waals surface area contributed by atoms with Crippen LogP contribution in [-0.4, -0.2) is 27.6 Å². The van der Waals surface area contributed by atoms with Crippen LogP contribution < -0.4 is 5.32 Å². The molecule has 4 nitrogen and oxygen atoms in total. The van der Waals surface area contributed by atoms with E-state index in [4.69, 9.17) is 0 Å². The van der Waals surface area contributed by atoms with Gasteiger partial charge in [0, 0.05) is 16.1 Å². The maximum absolute atomic E-state index is 11.8. The van der Waals surface area contributed by atoms with Crippen LogP contribution in [0.5, 0.6) is 0 Å². The van der Waals surface area contributed by atoms with Crippen LogP contribution in [0.2, 0.25) is 0 Å². The number of carboxylic acids is 1. The number of benzene rings is 2. The maximum Gasteiger partial charge on any atom is 0.337 e. The van der Waals surface area contributed by atoms with Crippen molar-refractivity contribution in [3.8, 4) is 0 Å². The molecule has 1 fully saturated rings. The van der Waals surface area contributed by atoms with E-state index in [2.05, 4.69) is 32.3 Å². The van der Waals surface area contributed by atoms with E-state index in [-0.39, 0.29) is 5.56 Å². The lowest BCUT2D eigenvalue weighted by Gasteiger charge is -2.25. The molecule has 1 aromatic heterocycles. The fourth-order valence-electron chi connectivity index (χ4n) is 3.72. The van der Waals surface area contributed by atoms with Gasteiger partial charge in [-0.3, -0.25) is 4.98 Å². The molecule has 1 aliphatic heterocycles. The van der Waals surface area contributed by atoms with Crippen LogP contribution in [0.4, 0.5) is 11.4 Å². The number of halogens is 1. The number of anilines is 2. The molecule has 1 aliphatic rings. The van der Waals surface area contributed by atoms with Gasteiger partial charge in [-0.05, 0) is 73.1 Å². The first-order chi connectivity index (χ1) is 13.5. The molecule has 0 saturated carbocycles. The third kappa shape index (κ3) is 3.89. The molecule has 0 amide bonds. The van der Waals surface area contributed by atoms with Gasteiger partial charge in [-0.2, -0.15) is 11.8 Å². The lowest BCUT2D eigenvalue weighted by Crippen LogP contribution is -2.12. The van der Waals surface area contributed by atoms with Crippen LogP contribution in [0.3, 0.4) is 0 Å². The maximum atomic E-state index is 11.8. The van der Waals surface area contributed by atoms with Crippen LogP contribution in [-0.2, 0) is 0 Å². The number of thioether (sulfide) groups is 1. The number of hydrogen-bond donors (Lipinski definition) is 2. The molecule has 2 aromatic carbocycles. The molecule has 2 N–H and O–H groups in total. The number of rotatable bonds is 4. The van der Waals surface area contributed by atoms with Gasteiger partial charge in [-0.25, -0.2) is 4.79 Å². The number of carboxylic acid groups (broad SMARTS) is 1. The molecule has 144 valence electrons. The number of aryl methyl sites for hydroxylation is 1. The molecular weight excluding hydrogens is 436 g/mol. The van der Waals surface area contributed by atoms with Crippen molar-refractivity contribution >= 4 is 55.9 Å². The fraction of sp³-hybridized carbons (Fsp3) is 0.273. The molecule has 0 bridgehead atoms. The van der Waals surface area contributed by atoms with Gasteiger partial charge < -0.3 is 10.4 Å². The third-order valence-corrected chi connectivity index (χ3v) is 6.73. The summed E-state index contributed by atoms with van der Waals surface area (Å²) in [7, 11) is 0. The molecular formula is C22H21BrN2O2S. The molecule has 0 aliphatic carbocycles. The van der Waals surface area contributed by atoms with Crippen molar-refractivity contribution in [2.75, 3.05) is 16.8 Å². The highest BCUT2D eigenvalue weighted by atomic mass is 79.9. The molecule has 1 saturated heterocycles. The van der Waals surface area contributed by atoms with Crippen LogP contribution in [0.25, 0.3) is 10.9 Å². The molecule has 3 aromatic rings. The Kier molecular flexibility index (Phi) is 5.60. The zero-order valence-corrected chi connectivity index (χ0v) is 17.9. The summed E-state index contributed by atoms with van der Waals surface area (Å²) < 4.78 is 0.976. The third-order valence-electron chi connectivity index (χ3n) is 5.19. The predicted octanol–water partition coefficient (Wildman–Crippen LogP) is 6.36. The Morgan fingerprint density at radius 3 is 2.75 bits per heavy atom. The summed E-state index contributed by atoms with van der Waals surface area (Å²) in [6.07, 6.45) is 4.19. The average Bonchev–Trinajstić information content (AvgIpc) is 2.70. The standard InChI is InChI=1S/C22H21BrN2O2S/c1-13-2-4-20(17(10-13)22(26)27)25-21-16-11-15(23)3-5-19(16)24-12-18(21)14-6-8-28-9-7-14/h2-5,10-12,14H,6-9H2,1H3,(H,24,25)(H,26,27). The van der Waals surface area contributed by atoms with Crippen LogP contribution in [0.15, 0.2) is 47.1 Å². The summed E-state index contributed by atoms with van der Waals surface area (Å²) >= 11 is 5.56. The first-order valence-electron chi connectivity index (χ1n) is 9.30. The van der Waals surface area contributed by atoms with E-state index >= 15 is 0 Å². The number of aromatic carboxylic acids is 1.